The van der Waals surface area contributed by atoms with E-state index in [1.54, 1.807) is 25.6 Å². The molecular weight excluding hydrogens is 672 g/mol. The van der Waals surface area contributed by atoms with Gasteiger partial charge in [0.15, 0.2) is 12.4 Å². The summed E-state index contributed by atoms with van der Waals surface area (Å²) in [6.45, 7) is 9.48. The zero-order chi connectivity index (χ0) is 35.0. The Bertz CT molecular complexity index is 1720. The van der Waals surface area contributed by atoms with Crippen LogP contribution in [0.3, 0.4) is 0 Å². The van der Waals surface area contributed by atoms with Gasteiger partial charge in [-0.25, -0.2) is 9.78 Å². The number of piperazine rings is 1. The number of nitrogens with zero attached hydrogens (tertiary/aromatic N) is 3. The van der Waals surface area contributed by atoms with Crippen molar-refractivity contribution in [3.05, 3.63) is 94.0 Å². The van der Waals surface area contributed by atoms with E-state index in [-0.39, 0.29) is 12.4 Å². The number of hydrogen-bond donors (Lipinski definition) is 0. The fraction of sp³-hybridized carbons (Fsp3) is 0.378. The van der Waals surface area contributed by atoms with Crippen LogP contribution >= 0.6 is 23.1 Å². The minimum absolute atomic E-state index is 0.0442. The van der Waals surface area contributed by atoms with E-state index in [1.165, 1.54) is 23.5 Å². The first-order valence-corrected chi connectivity index (χ1v) is 18.1. The van der Waals surface area contributed by atoms with Crippen LogP contribution in [0, 0.1) is 0 Å². The highest BCUT2D eigenvalue weighted by atomic mass is 32.2. The molecular formula is C37H40F3N3O4S2. The van der Waals surface area contributed by atoms with Crippen LogP contribution in [0.5, 0.6) is 5.75 Å². The molecule has 3 aromatic carbocycles. The van der Waals surface area contributed by atoms with Gasteiger partial charge in [-0.05, 0) is 80.4 Å². The average Bonchev–Trinajstić information content (AvgIpc) is 3.49. The van der Waals surface area contributed by atoms with Gasteiger partial charge in [-0.1, -0.05) is 25.5 Å². The van der Waals surface area contributed by atoms with Gasteiger partial charge >= 0.3 is 12.1 Å². The van der Waals surface area contributed by atoms with Crippen molar-refractivity contribution < 1.29 is 32.2 Å². The van der Waals surface area contributed by atoms with Crippen LogP contribution in [-0.2, 0) is 34.4 Å². The second kappa shape index (κ2) is 16.7. The Balaban J connectivity index is 1.31. The monoisotopic (exact) mass is 711 g/mol. The molecule has 0 N–H and O–H groups in total. The Labute approximate surface area is 293 Å². The fourth-order valence-corrected chi connectivity index (χ4v) is 7.71. The Kier molecular flexibility index (Phi) is 12.4. The molecule has 0 atom stereocenters. The SMILES string of the molecule is CCCc1cc(SCc2sc(-c3ccc(C(F)(F)F)cc3)nc2CN2CCN(c3ccc(C(C)=O)cc3)CC2)ccc1OCC(=O)OCC. The van der Waals surface area contributed by atoms with Crippen LogP contribution in [0.15, 0.2) is 71.6 Å². The summed E-state index contributed by atoms with van der Waals surface area (Å²) in [5.74, 6) is 0.943. The molecule has 0 bridgehead atoms. The summed E-state index contributed by atoms with van der Waals surface area (Å²) in [6.07, 6.45) is -2.69. The lowest BCUT2D eigenvalue weighted by Crippen LogP contribution is -2.46. The topological polar surface area (TPSA) is 72.0 Å². The van der Waals surface area contributed by atoms with Gasteiger partial charge in [0.25, 0.3) is 0 Å². The van der Waals surface area contributed by atoms with Crippen molar-refractivity contribution in [2.75, 3.05) is 44.3 Å². The molecule has 0 unspecified atom stereocenters. The summed E-state index contributed by atoms with van der Waals surface area (Å²) in [7, 11) is 0. The van der Waals surface area contributed by atoms with Crippen LogP contribution < -0.4 is 9.64 Å². The molecule has 1 aliphatic heterocycles. The number of aromatic nitrogens is 1. The zero-order valence-electron chi connectivity index (χ0n) is 27.8. The zero-order valence-corrected chi connectivity index (χ0v) is 29.5. The van der Waals surface area contributed by atoms with E-state index in [4.69, 9.17) is 14.5 Å². The number of carbonyl (C=O) groups excluding carboxylic acids is 2. The maximum atomic E-state index is 13.2. The molecule has 0 radical (unpaired) electrons. The lowest BCUT2D eigenvalue weighted by molar-refractivity contribution is -0.145. The molecule has 2 heterocycles. The number of rotatable bonds is 14. The quantitative estimate of drug-likeness (QED) is 0.0733. The third-order valence-corrected chi connectivity index (χ3v) is 10.5. The van der Waals surface area contributed by atoms with E-state index in [2.05, 4.69) is 22.8 Å². The highest BCUT2D eigenvalue weighted by Crippen LogP contribution is 2.37. The van der Waals surface area contributed by atoms with E-state index >= 15 is 0 Å². The number of anilines is 1. The molecule has 7 nitrogen and oxygen atoms in total. The number of carbonyl (C=O) groups is 2. The standard InChI is InChI=1S/C37H40F3N3O4S2/c1-4-6-28-21-31(15-16-33(28)47-23-35(45)46-5-2)48-24-34-32(41-36(49-34)27-7-11-29(12-8-27)37(38,39)40)22-42-17-19-43(20-18-42)30-13-9-26(10-14-30)25(3)44/h7-16,21H,4-6,17-20,22-24H2,1-3H3. The van der Waals surface area contributed by atoms with E-state index in [9.17, 15) is 22.8 Å². The number of thioether (sulfide) groups is 1. The molecule has 49 heavy (non-hydrogen) atoms. The van der Waals surface area contributed by atoms with Crippen molar-refractivity contribution in [2.24, 2.45) is 0 Å². The Morgan fingerprint density at radius 2 is 1.67 bits per heavy atom. The molecule has 1 aromatic heterocycles. The molecule has 5 rings (SSSR count). The summed E-state index contributed by atoms with van der Waals surface area (Å²) in [4.78, 5) is 35.3. The van der Waals surface area contributed by atoms with Crippen molar-refractivity contribution in [1.29, 1.82) is 0 Å². The van der Waals surface area contributed by atoms with E-state index in [0.29, 0.717) is 40.8 Å². The van der Waals surface area contributed by atoms with Crippen molar-refractivity contribution in [3.8, 4) is 16.3 Å². The van der Waals surface area contributed by atoms with Gasteiger partial charge in [0.1, 0.15) is 10.8 Å². The normalized spacial score (nSPS) is 13.8. The van der Waals surface area contributed by atoms with Crippen LogP contribution in [0.1, 0.15) is 59.2 Å². The predicted molar refractivity (Wildman–Crippen MR) is 189 cm³/mol. The summed E-state index contributed by atoms with van der Waals surface area (Å²) in [5.41, 5.74) is 3.69. The number of halogens is 3. The number of benzene rings is 3. The first-order valence-electron chi connectivity index (χ1n) is 16.3. The summed E-state index contributed by atoms with van der Waals surface area (Å²) in [6, 6.07) is 18.9. The molecule has 12 heteroatoms. The number of esters is 1. The number of ether oxygens (including phenoxy) is 2. The first-order chi connectivity index (χ1) is 23.5. The molecule has 1 saturated heterocycles. The van der Waals surface area contributed by atoms with Gasteiger partial charge < -0.3 is 14.4 Å². The van der Waals surface area contributed by atoms with Gasteiger partial charge in [0, 0.05) is 65.1 Å². The van der Waals surface area contributed by atoms with Gasteiger partial charge in [0.2, 0.25) is 0 Å². The fourth-order valence-electron chi connectivity index (χ4n) is 5.57. The number of thiazole rings is 1. The molecule has 1 fully saturated rings. The van der Waals surface area contributed by atoms with Gasteiger partial charge in [-0.15, -0.1) is 23.1 Å². The van der Waals surface area contributed by atoms with Crippen LogP contribution in [0.4, 0.5) is 18.9 Å². The molecule has 0 aliphatic carbocycles. The Hall–Kier alpha value is -3.87. The highest BCUT2D eigenvalue weighted by molar-refractivity contribution is 7.98. The third kappa shape index (κ3) is 9.86. The lowest BCUT2D eigenvalue weighted by Gasteiger charge is -2.36. The minimum atomic E-state index is -4.40. The number of ketones is 1. The second-order valence-corrected chi connectivity index (χ2v) is 13.9. The van der Waals surface area contributed by atoms with Crippen molar-refractivity contribution >= 4 is 40.5 Å². The van der Waals surface area contributed by atoms with Crippen LogP contribution in [-0.4, -0.2) is 61.0 Å². The van der Waals surface area contributed by atoms with Crippen LogP contribution in [0.25, 0.3) is 10.6 Å². The van der Waals surface area contributed by atoms with Crippen molar-refractivity contribution in [1.82, 2.24) is 9.88 Å². The van der Waals surface area contributed by atoms with Gasteiger partial charge in [-0.2, -0.15) is 13.2 Å². The maximum absolute atomic E-state index is 13.2. The minimum Gasteiger partial charge on any atom is -0.482 e. The molecule has 1 aliphatic rings. The number of aryl methyl sites for hydroxylation is 1. The summed E-state index contributed by atoms with van der Waals surface area (Å²) < 4.78 is 50.5. The summed E-state index contributed by atoms with van der Waals surface area (Å²) >= 11 is 3.18. The van der Waals surface area contributed by atoms with Crippen molar-refractivity contribution in [3.63, 3.8) is 0 Å². The second-order valence-electron chi connectivity index (χ2n) is 11.7. The molecule has 0 saturated carbocycles. The summed E-state index contributed by atoms with van der Waals surface area (Å²) in [5, 5.41) is 0.693. The first kappa shape index (κ1) is 36.4. The van der Waals surface area contributed by atoms with E-state index < -0.39 is 17.7 Å². The number of Topliss-reactive ketones (excluding diaryl/α,β-unsaturated/α-hetero) is 1. The maximum Gasteiger partial charge on any atom is 0.416 e. The van der Waals surface area contributed by atoms with Gasteiger partial charge in [0.05, 0.1) is 17.9 Å². The highest BCUT2D eigenvalue weighted by Gasteiger charge is 2.30. The van der Waals surface area contributed by atoms with E-state index in [0.717, 1.165) is 77.9 Å². The molecule has 0 spiro atoms. The average molecular weight is 712 g/mol. The molecule has 4 aromatic rings. The predicted octanol–water partition coefficient (Wildman–Crippen LogP) is 8.54. The lowest BCUT2D eigenvalue weighted by atomic mass is 10.1. The van der Waals surface area contributed by atoms with E-state index in [1.807, 2.05) is 36.4 Å². The Morgan fingerprint density at radius 3 is 2.31 bits per heavy atom. The number of alkyl halides is 3. The number of hydrogen-bond acceptors (Lipinski definition) is 9. The largest absolute Gasteiger partial charge is 0.482 e. The molecule has 0 amide bonds. The smallest absolute Gasteiger partial charge is 0.416 e. The van der Waals surface area contributed by atoms with Crippen LogP contribution in [0.2, 0.25) is 0 Å². The Morgan fingerprint density at radius 1 is 0.959 bits per heavy atom. The van der Waals surface area contributed by atoms with Gasteiger partial charge in [-0.3, -0.25) is 9.69 Å². The third-order valence-electron chi connectivity index (χ3n) is 8.19. The molecule has 260 valence electrons. The van der Waals surface area contributed by atoms with Crippen molar-refractivity contribution in [2.45, 2.75) is 57.0 Å².